The van der Waals surface area contributed by atoms with Crippen LogP contribution in [0.15, 0.2) is 48.5 Å². The van der Waals surface area contributed by atoms with Crippen molar-refractivity contribution in [1.29, 1.82) is 0 Å². The van der Waals surface area contributed by atoms with Crippen molar-refractivity contribution < 1.29 is 9.53 Å². The number of carbonyl (C=O) groups excluding carboxylic acids is 1. The van der Waals surface area contributed by atoms with Crippen LogP contribution in [0.3, 0.4) is 0 Å². The van der Waals surface area contributed by atoms with Gasteiger partial charge in [-0.15, -0.1) is 5.10 Å². The summed E-state index contributed by atoms with van der Waals surface area (Å²) >= 11 is 0. The number of aryl methyl sites for hydroxylation is 1. The van der Waals surface area contributed by atoms with E-state index in [4.69, 9.17) is 9.84 Å². The minimum Gasteiger partial charge on any atom is -0.472 e. The van der Waals surface area contributed by atoms with E-state index in [1.807, 2.05) is 52.9 Å². The molecule has 1 aromatic heterocycles. The smallest absolute Gasteiger partial charge is 0.254 e. The predicted molar refractivity (Wildman–Crippen MR) is 103 cm³/mol. The Hall–Kier alpha value is -3.08. The average molecular weight is 359 g/mol. The molecule has 3 aliphatic heterocycles. The number of ether oxygens (including phenoxy) is 1. The summed E-state index contributed by atoms with van der Waals surface area (Å²) in [5.41, 5.74) is 5.87. The van der Waals surface area contributed by atoms with Crippen molar-refractivity contribution in [3.63, 3.8) is 0 Å². The number of carbonyl (C=O) groups is 1. The molecule has 3 aliphatic rings. The van der Waals surface area contributed by atoms with Gasteiger partial charge in [0.05, 0.1) is 5.69 Å². The second kappa shape index (κ2) is 6.27. The zero-order valence-electron chi connectivity index (χ0n) is 15.3. The minimum absolute atomic E-state index is 0.0810. The van der Waals surface area contributed by atoms with Crippen LogP contribution < -0.4 is 4.74 Å². The van der Waals surface area contributed by atoms with Crippen LogP contribution in [0.1, 0.15) is 33.5 Å². The summed E-state index contributed by atoms with van der Waals surface area (Å²) in [5.74, 6) is 0.734. The minimum atomic E-state index is 0.0810. The molecule has 0 N–H and O–H groups in total. The van der Waals surface area contributed by atoms with Crippen molar-refractivity contribution in [2.75, 3.05) is 6.54 Å². The van der Waals surface area contributed by atoms with Crippen molar-refractivity contribution in [2.24, 2.45) is 0 Å². The van der Waals surface area contributed by atoms with E-state index in [1.54, 1.807) is 0 Å². The maximum Gasteiger partial charge on any atom is 0.254 e. The van der Waals surface area contributed by atoms with E-state index in [0.29, 0.717) is 25.6 Å². The molecule has 0 saturated heterocycles. The quantitative estimate of drug-likeness (QED) is 0.613. The number of benzene rings is 2. The Morgan fingerprint density at radius 1 is 0.963 bits per heavy atom. The normalized spacial score (nSPS) is 15.9. The molecule has 3 aromatic rings. The topological polar surface area (TPSA) is 47.4 Å². The fourth-order valence-corrected chi connectivity index (χ4v) is 4.08. The summed E-state index contributed by atoms with van der Waals surface area (Å²) in [6.07, 6.45) is 0.857. The molecule has 27 heavy (non-hydrogen) atoms. The summed E-state index contributed by atoms with van der Waals surface area (Å²) in [7, 11) is 0. The molecule has 5 heteroatoms. The van der Waals surface area contributed by atoms with Gasteiger partial charge in [0, 0.05) is 36.3 Å². The Kier molecular flexibility index (Phi) is 3.74. The van der Waals surface area contributed by atoms with Crippen molar-refractivity contribution in [1.82, 2.24) is 14.7 Å². The van der Waals surface area contributed by atoms with E-state index in [0.717, 1.165) is 46.5 Å². The number of hydrogen-bond donors (Lipinski definition) is 0. The molecule has 0 spiro atoms. The van der Waals surface area contributed by atoms with E-state index in [-0.39, 0.29) is 5.91 Å². The summed E-state index contributed by atoms with van der Waals surface area (Å²) in [4.78, 5) is 15.4. The summed E-state index contributed by atoms with van der Waals surface area (Å²) in [6.45, 7) is 4.55. The van der Waals surface area contributed by atoms with Gasteiger partial charge in [-0.05, 0) is 30.5 Å². The maximum absolute atomic E-state index is 13.5. The van der Waals surface area contributed by atoms with Gasteiger partial charge in [-0.2, -0.15) is 0 Å². The summed E-state index contributed by atoms with van der Waals surface area (Å²) in [6, 6.07) is 16.0. The molecular formula is C22H21N3O2. The third kappa shape index (κ3) is 2.62. The van der Waals surface area contributed by atoms with Crippen LogP contribution in [0.2, 0.25) is 0 Å². The molecule has 0 atom stereocenters. The lowest BCUT2D eigenvalue weighted by atomic mass is 10.00. The van der Waals surface area contributed by atoms with Gasteiger partial charge in [0.2, 0.25) is 5.88 Å². The fraction of sp³-hybridized carbons (Fsp3) is 0.273. The third-order valence-electron chi connectivity index (χ3n) is 5.49. The van der Waals surface area contributed by atoms with E-state index in [9.17, 15) is 4.79 Å². The van der Waals surface area contributed by atoms with E-state index < -0.39 is 0 Å². The van der Waals surface area contributed by atoms with E-state index in [2.05, 4.69) is 12.1 Å². The van der Waals surface area contributed by atoms with Gasteiger partial charge in [-0.1, -0.05) is 42.5 Å². The highest BCUT2D eigenvalue weighted by Crippen LogP contribution is 2.35. The molecular weight excluding hydrogens is 338 g/mol. The molecule has 0 radical (unpaired) electrons. The number of nitrogens with zero attached hydrogens (tertiary/aromatic N) is 3. The standard InChI is InChI=1S/C22H21N3O2/c1-15-20-18-9-4-5-10-19(18)22(26)24-11-6-12-25(20)23-21(15)27-14-17-8-3-2-7-16(17)13-24/h2-5,7-10H,6,11-14H2,1H3. The van der Waals surface area contributed by atoms with Crippen molar-refractivity contribution in [3.05, 3.63) is 70.8 Å². The SMILES string of the molecule is Cc1c2nn3c1-c1ccccc1C(=O)N(CCC3)Cc1ccccc1CO2. The number of fused-ring (bicyclic) bond motifs is 3. The molecule has 0 saturated carbocycles. The van der Waals surface area contributed by atoms with E-state index >= 15 is 0 Å². The summed E-state index contributed by atoms with van der Waals surface area (Å²) in [5, 5.41) is 4.74. The van der Waals surface area contributed by atoms with Gasteiger partial charge >= 0.3 is 0 Å². The van der Waals surface area contributed by atoms with Crippen LogP contribution in [0, 0.1) is 6.92 Å². The predicted octanol–water partition coefficient (Wildman–Crippen LogP) is 3.80. The lowest BCUT2D eigenvalue weighted by Crippen LogP contribution is -2.32. The molecule has 0 unspecified atom stereocenters. The first-order chi connectivity index (χ1) is 13.2. The molecule has 2 aromatic carbocycles. The molecule has 5 nitrogen and oxygen atoms in total. The molecule has 4 bridgehead atoms. The second-order valence-electron chi connectivity index (χ2n) is 7.19. The number of rotatable bonds is 0. The number of hydrogen-bond acceptors (Lipinski definition) is 3. The van der Waals surface area contributed by atoms with Crippen molar-refractivity contribution >= 4 is 5.91 Å². The second-order valence-corrected chi connectivity index (χ2v) is 7.19. The highest BCUT2D eigenvalue weighted by Gasteiger charge is 2.27. The summed E-state index contributed by atoms with van der Waals surface area (Å²) < 4.78 is 8.13. The van der Waals surface area contributed by atoms with Crippen molar-refractivity contribution in [2.45, 2.75) is 33.0 Å². The highest BCUT2D eigenvalue weighted by atomic mass is 16.5. The Balaban J connectivity index is 1.78. The Morgan fingerprint density at radius 3 is 2.56 bits per heavy atom. The van der Waals surface area contributed by atoms with Gasteiger partial charge in [0.25, 0.3) is 5.91 Å². The molecule has 0 aliphatic carbocycles. The number of aromatic nitrogens is 2. The lowest BCUT2D eigenvalue weighted by Gasteiger charge is -2.25. The molecule has 136 valence electrons. The Bertz CT molecular complexity index is 1040. The lowest BCUT2D eigenvalue weighted by molar-refractivity contribution is 0.0739. The third-order valence-corrected chi connectivity index (χ3v) is 5.49. The van der Waals surface area contributed by atoms with Crippen LogP contribution in [0.5, 0.6) is 5.88 Å². The zero-order chi connectivity index (χ0) is 18.4. The van der Waals surface area contributed by atoms with Gasteiger partial charge in [-0.25, -0.2) is 0 Å². The first kappa shape index (κ1) is 16.1. The molecule has 4 heterocycles. The largest absolute Gasteiger partial charge is 0.472 e. The Morgan fingerprint density at radius 2 is 1.70 bits per heavy atom. The van der Waals surface area contributed by atoms with Crippen LogP contribution in [0.25, 0.3) is 11.3 Å². The van der Waals surface area contributed by atoms with E-state index in [1.165, 1.54) is 0 Å². The van der Waals surface area contributed by atoms with Crippen LogP contribution >= 0.6 is 0 Å². The monoisotopic (exact) mass is 359 g/mol. The van der Waals surface area contributed by atoms with Gasteiger partial charge in [0.15, 0.2) is 0 Å². The first-order valence-electron chi connectivity index (χ1n) is 9.38. The molecule has 6 rings (SSSR count). The zero-order valence-corrected chi connectivity index (χ0v) is 15.3. The van der Waals surface area contributed by atoms with Crippen LogP contribution in [-0.4, -0.2) is 27.1 Å². The highest BCUT2D eigenvalue weighted by molar-refractivity contribution is 6.01. The molecule has 1 amide bonds. The van der Waals surface area contributed by atoms with Crippen LogP contribution in [0.4, 0.5) is 0 Å². The Labute approximate surface area is 158 Å². The fourth-order valence-electron chi connectivity index (χ4n) is 4.08. The van der Waals surface area contributed by atoms with Crippen LogP contribution in [-0.2, 0) is 19.7 Å². The van der Waals surface area contributed by atoms with Gasteiger partial charge in [0.1, 0.15) is 6.61 Å². The first-order valence-corrected chi connectivity index (χ1v) is 9.38. The number of amides is 1. The van der Waals surface area contributed by atoms with Gasteiger partial charge in [-0.3, -0.25) is 9.48 Å². The maximum atomic E-state index is 13.5. The molecule has 0 fully saturated rings. The van der Waals surface area contributed by atoms with Crippen molar-refractivity contribution in [3.8, 4) is 17.1 Å². The average Bonchev–Trinajstić information content (AvgIpc) is 3.02. The van der Waals surface area contributed by atoms with Gasteiger partial charge < -0.3 is 9.64 Å².